The number of amides is 1. The van der Waals surface area contributed by atoms with Crippen molar-refractivity contribution in [3.8, 4) is 11.4 Å². The van der Waals surface area contributed by atoms with Gasteiger partial charge in [-0.3, -0.25) is 4.79 Å². The van der Waals surface area contributed by atoms with Gasteiger partial charge in [0, 0.05) is 22.8 Å². The van der Waals surface area contributed by atoms with Crippen LogP contribution in [-0.2, 0) is 4.79 Å². The average Bonchev–Trinajstić information content (AvgIpc) is 3.27. The third-order valence-electron chi connectivity index (χ3n) is 6.79. The van der Waals surface area contributed by atoms with Gasteiger partial charge in [0.25, 0.3) is 5.91 Å². The van der Waals surface area contributed by atoms with E-state index in [0.717, 1.165) is 65.4 Å². The molecule has 33 heavy (non-hydrogen) atoms. The summed E-state index contributed by atoms with van der Waals surface area (Å²) < 4.78 is 7.60. The van der Waals surface area contributed by atoms with Gasteiger partial charge in [-0.15, -0.1) is 0 Å². The highest BCUT2D eigenvalue weighted by Crippen LogP contribution is 2.41. The number of ether oxygens (including phenoxy) is 1. The average molecular weight is 462 g/mol. The minimum atomic E-state index is 0.110. The van der Waals surface area contributed by atoms with Crippen molar-refractivity contribution in [2.45, 2.75) is 51.1 Å². The number of hydrogen-bond donors (Lipinski definition) is 0. The van der Waals surface area contributed by atoms with Gasteiger partial charge in [-0.05, 0) is 80.5 Å². The lowest BCUT2D eigenvalue weighted by Gasteiger charge is -2.46. The molecule has 5 rings (SSSR count). The zero-order valence-corrected chi connectivity index (χ0v) is 19.8. The Morgan fingerprint density at radius 3 is 2.67 bits per heavy atom. The van der Waals surface area contributed by atoms with E-state index in [2.05, 4.69) is 22.0 Å². The number of piperidine rings is 2. The number of methoxy groups -OCH3 is 1. The summed E-state index contributed by atoms with van der Waals surface area (Å²) in [6, 6.07) is 14.4. The van der Waals surface area contributed by atoms with Crippen molar-refractivity contribution >= 4 is 23.6 Å². The maximum absolute atomic E-state index is 13.6. The summed E-state index contributed by atoms with van der Waals surface area (Å²) in [6.45, 7) is 1.96. The van der Waals surface area contributed by atoms with Gasteiger partial charge in [0.15, 0.2) is 0 Å². The summed E-state index contributed by atoms with van der Waals surface area (Å²) >= 11 is 6.10. The van der Waals surface area contributed by atoms with Gasteiger partial charge in [0.2, 0.25) is 0 Å². The lowest BCUT2D eigenvalue weighted by atomic mass is 9.84. The normalized spacial score (nSPS) is 21.8. The smallest absolute Gasteiger partial charge is 0.250 e. The van der Waals surface area contributed by atoms with Crippen LogP contribution in [0, 0.1) is 6.92 Å². The third-order valence-corrected chi connectivity index (χ3v) is 7.04. The van der Waals surface area contributed by atoms with E-state index in [1.54, 1.807) is 13.4 Å². The molecule has 170 valence electrons. The van der Waals surface area contributed by atoms with Crippen molar-refractivity contribution in [3.63, 3.8) is 0 Å². The van der Waals surface area contributed by atoms with Crippen LogP contribution in [-0.4, -0.2) is 33.5 Å². The molecule has 3 aromatic rings. The van der Waals surface area contributed by atoms with Gasteiger partial charge in [-0.2, -0.15) is 0 Å². The number of benzene rings is 2. The predicted octanol–water partition coefficient (Wildman–Crippen LogP) is 6.14. The van der Waals surface area contributed by atoms with E-state index in [-0.39, 0.29) is 11.9 Å². The van der Waals surface area contributed by atoms with Crippen molar-refractivity contribution in [1.82, 2.24) is 14.5 Å². The number of carbonyl (C=O) groups is 1. The van der Waals surface area contributed by atoms with E-state index in [1.165, 1.54) is 5.56 Å². The molecule has 0 unspecified atom stereocenters. The lowest BCUT2D eigenvalue weighted by molar-refractivity contribution is -0.136. The van der Waals surface area contributed by atoms with Crippen molar-refractivity contribution < 1.29 is 9.53 Å². The van der Waals surface area contributed by atoms with Gasteiger partial charge in [0.05, 0.1) is 30.9 Å². The number of halogens is 1. The first-order valence-electron chi connectivity index (χ1n) is 11.5. The van der Waals surface area contributed by atoms with Crippen molar-refractivity contribution in [2.24, 2.45) is 0 Å². The Labute approximate surface area is 199 Å². The largest absolute Gasteiger partial charge is 0.495 e. The Balaban J connectivity index is 1.44. The molecule has 5 nitrogen and oxygen atoms in total. The molecule has 0 aliphatic carbocycles. The standard InChI is InChI=1S/C27H28ClN3O2/c1-18-16-30(17-29-18)25-13-6-19(15-26(25)33-2)14-21-9-12-23-4-3-5-24(31(23)27(21)32)20-7-10-22(28)11-8-20/h6-8,10-11,13-17,23-24H,3-5,9,12H2,1-2H3/b21-14+/t23-,24+/m1/s1. The van der Waals surface area contributed by atoms with E-state index < -0.39 is 0 Å². The molecule has 0 bridgehead atoms. The molecule has 0 saturated carbocycles. The second-order valence-corrected chi connectivity index (χ2v) is 9.36. The first-order valence-corrected chi connectivity index (χ1v) is 11.9. The fraction of sp³-hybridized carbons (Fsp3) is 0.333. The van der Waals surface area contributed by atoms with Crippen LogP contribution < -0.4 is 4.74 Å². The fourth-order valence-electron chi connectivity index (χ4n) is 5.16. The summed E-state index contributed by atoms with van der Waals surface area (Å²) in [5.41, 5.74) is 4.87. The lowest BCUT2D eigenvalue weighted by Crippen LogP contribution is -2.49. The van der Waals surface area contributed by atoms with Crippen LogP contribution in [0.15, 0.2) is 60.6 Å². The summed E-state index contributed by atoms with van der Waals surface area (Å²) in [5.74, 6) is 0.902. The van der Waals surface area contributed by atoms with Gasteiger partial charge in [-0.25, -0.2) is 4.98 Å². The Morgan fingerprint density at radius 2 is 1.94 bits per heavy atom. The van der Waals surface area contributed by atoms with Gasteiger partial charge < -0.3 is 14.2 Å². The van der Waals surface area contributed by atoms with E-state index >= 15 is 0 Å². The number of imidazole rings is 1. The molecule has 6 heteroatoms. The van der Waals surface area contributed by atoms with Crippen LogP contribution >= 0.6 is 11.6 Å². The van der Waals surface area contributed by atoms with Crippen molar-refractivity contribution in [3.05, 3.63) is 82.4 Å². The van der Waals surface area contributed by atoms with Crippen LogP contribution in [0.1, 0.15) is 55.0 Å². The van der Waals surface area contributed by atoms with E-state index in [9.17, 15) is 4.79 Å². The maximum atomic E-state index is 13.6. The Hall–Kier alpha value is -3.05. The van der Waals surface area contributed by atoms with Crippen LogP contribution in [0.5, 0.6) is 5.75 Å². The predicted molar refractivity (Wildman–Crippen MR) is 131 cm³/mol. The minimum Gasteiger partial charge on any atom is -0.495 e. The molecule has 0 radical (unpaired) electrons. The summed E-state index contributed by atoms with van der Waals surface area (Å²) in [5, 5.41) is 0.722. The number of carbonyl (C=O) groups excluding carboxylic acids is 1. The number of aromatic nitrogens is 2. The van der Waals surface area contributed by atoms with Crippen LogP contribution in [0.3, 0.4) is 0 Å². The molecule has 0 N–H and O–H groups in total. The molecule has 3 heterocycles. The molecular formula is C27H28ClN3O2. The first kappa shape index (κ1) is 21.8. The second kappa shape index (κ2) is 9.06. The van der Waals surface area contributed by atoms with Gasteiger partial charge in [-0.1, -0.05) is 29.8 Å². The molecule has 2 atom stereocenters. The second-order valence-electron chi connectivity index (χ2n) is 8.93. The molecule has 2 saturated heterocycles. The molecule has 2 fully saturated rings. The highest BCUT2D eigenvalue weighted by molar-refractivity contribution is 6.30. The number of nitrogens with zero attached hydrogens (tertiary/aromatic N) is 3. The third kappa shape index (κ3) is 4.30. The summed E-state index contributed by atoms with van der Waals surface area (Å²) in [6.07, 6.45) is 10.8. The molecule has 2 aliphatic heterocycles. The Kier molecular flexibility index (Phi) is 5.98. The number of hydrogen-bond acceptors (Lipinski definition) is 3. The minimum absolute atomic E-state index is 0.110. The highest BCUT2D eigenvalue weighted by atomic mass is 35.5. The Morgan fingerprint density at radius 1 is 1.12 bits per heavy atom. The maximum Gasteiger partial charge on any atom is 0.250 e. The summed E-state index contributed by atoms with van der Waals surface area (Å²) in [4.78, 5) is 20.1. The molecule has 2 aliphatic rings. The van der Waals surface area contributed by atoms with Gasteiger partial charge in [0.1, 0.15) is 5.75 Å². The molecule has 0 spiro atoms. The first-order chi connectivity index (χ1) is 16.0. The zero-order chi connectivity index (χ0) is 22.9. The van der Waals surface area contributed by atoms with E-state index in [4.69, 9.17) is 16.3 Å². The Bertz CT molecular complexity index is 1200. The van der Waals surface area contributed by atoms with E-state index in [0.29, 0.717) is 6.04 Å². The monoisotopic (exact) mass is 461 g/mol. The fourth-order valence-corrected chi connectivity index (χ4v) is 5.29. The zero-order valence-electron chi connectivity index (χ0n) is 19.0. The van der Waals surface area contributed by atoms with Crippen molar-refractivity contribution in [2.75, 3.05) is 7.11 Å². The van der Waals surface area contributed by atoms with Gasteiger partial charge >= 0.3 is 0 Å². The van der Waals surface area contributed by atoms with Crippen LogP contribution in [0.4, 0.5) is 0 Å². The van der Waals surface area contributed by atoms with Crippen LogP contribution in [0.25, 0.3) is 11.8 Å². The molecular weight excluding hydrogens is 434 g/mol. The molecule has 1 amide bonds. The summed E-state index contributed by atoms with van der Waals surface area (Å²) in [7, 11) is 1.67. The quantitative estimate of drug-likeness (QED) is 0.438. The molecule has 1 aromatic heterocycles. The number of fused-ring (bicyclic) bond motifs is 1. The topological polar surface area (TPSA) is 47.4 Å². The highest BCUT2D eigenvalue weighted by Gasteiger charge is 2.39. The van der Waals surface area contributed by atoms with Crippen molar-refractivity contribution in [1.29, 1.82) is 0 Å². The van der Waals surface area contributed by atoms with Crippen LogP contribution in [0.2, 0.25) is 5.02 Å². The van der Waals surface area contributed by atoms with E-state index in [1.807, 2.05) is 54.1 Å². The number of aryl methyl sites for hydroxylation is 1. The molecule has 2 aromatic carbocycles. The SMILES string of the molecule is COc1cc(/C=C2\CC[C@H]3CCC[C@@H](c4ccc(Cl)cc4)N3C2=O)ccc1-n1cnc(C)c1. The number of rotatable bonds is 4.